The third kappa shape index (κ3) is 6.66. The maximum absolute atomic E-state index is 11.8. The maximum atomic E-state index is 11.8. The van der Waals surface area contributed by atoms with Crippen LogP contribution in [0.5, 0.6) is 0 Å². The first-order chi connectivity index (χ1) is 11.8. The van der Waals surface area contributed by atoms with Gasteiger partial charge in [0.1, 0.15) is 18.3 Å². The van der Waals surface area contributed by atoms with Crippen LogP contribution in [0.2, 0.25) is 0 Å². The molecule has 1 saturated heterocycles. The molecule has 1 aliphatic heterocycles. The molecular formula is C15H23N3O7Os. The van der Waals surface area contributed by atoms with E-state index in [9.17, 15) is 19.8 Å². The molecule has 0 saturated carbocycles. The molecule has 0 radical (unpaired) electrons. The number of anilines is 1. The number of nitrogens with one attached hydrogen (secondary N) is 1. The minimum absolute atomic E-state index is 0. The standard InChI is InChI=1S/C11H14N3O7.C4H9.Os/c1-5(16)21-13-7-2-3-14(11(19)12-7)10-9(18)8(17)6(4-15)20-10;1-3-4-2;/h2-3,6,8-10,15,17-18H,1,4H2,(H,12,13,19);1,3-4H2,2H3;/q2*-1;+2/t6-,8-,9-,10-;;/m1../s1. The third-order valence-corrected chi connectivity index (χ3v) is 3.24. The van der Waals surface area contributed by atoms with E-state index in [1.807, 2.05) is 0 Å². The molecule has 11 heteroatoms. The minimum Gasteiger partial charge on any atom is -0.394 e. The van der Waals surface area contributed by atoms with Gasteiger partial charge in [0.15, 0.2) is 18.0 Å². The Bertz CT molecular complexity index is 611. The second-order valence-electron chi connectivity index (χ2n) is 5.16. The zero-order valence-corrected chi connectivity index (χ0v) is 16.8. The summed E-state index contributed by atoms with van der Waals surface area (Å²) < 4.78 is 6.14. The Labute approximate surface area is 164 Å². The molecule has 10 nitrogen and oxygen atoms in total. The Kier molecular flexibility index (Phi) is 11.3. The predicted octanol–water partition coefficient (Wildman–Crippen LogP) is -0.823. The molecule has 1 aromatic rings. The number of ether oxygens (including phenoxy) is 1. The summed E-state index contributed by atoms with van der Waals surface area (Å²) in [7, 11) is 0. The van der Waals surface area contributed by atoms with Gasteiger partial charge in [-0.3, -0.25) is 16.3 Å². The Hall–Kier alpha value is -1.50. The number of unbranched alkanes of at least 4 members (excludes halogenated alkanes) is 1. The summed E-state index contributed by atoms with van der Waals surface area (Å²) in [6.07, 6.45) is -1.38. The van der Waals surface area contributed by atoms with Crippen molar-refractivity contribution in [2.45, 2.75) is 44.3 Å². The number of carbonyl (C=O) groups excluding carboxylic acids is 1. The first-order valence-corrected chi connectivity index (χ1v) is 7.65. The van der Waals surface area contributed by atoms with Crippen molar-refractivity contribution >= 4 is 11.8 Å². The monoisotopic (exact) mass is 549 g/mol. The van der Waals surface area contributed by atoms with Gasteiger partial charge in [-0.25, -0.2) is 10.3 Å². The van der Waals surface area contributed by atoms with Gasteiger partial charge < -0.3 is 31.8 Å². The van der Waals surface area contributed by atoms with Gasteiger partial charge in [0, 0.05) is 12.3 Å². The molecule has 0 bridgehead atoms. The average molecular weight is 548 g/mol. The molecule has 0 spiro atoms. The molecule has 148 valence electrons. The molecule has 0 aliphatic carbocycles. The van der Waals surface area contributed by atoms with Crippen LogP contribution in [0.4, 0.5) is 5.82 Å². The first-order valence-electron chi connectivity index (χ1n) is 7.65. The minimum atomic E-state index is -1.39. The normalized spacial score (nSPS) is 24.0. The van der Waals surface area contributed by atoms with Crippen LogP contribution in [-0.4, -0.2) is 55.8 Å². The summed E-state index contributed by atoms with van der Waals surface area (Å²) in [5.41, 5.74) is 1.30. The van der Waals surface area contributed by atoms with E-state index in [0.29, 0.717) is 0 Å². The Morgan fingerprint density at radius 3 is 2.50 bits per heavy atom. The van der Waals surface area contributed by atoms with E-state index in [2.05, 4.69) is 36.1 Å². The van der Waals surface area contributed by atoms with Crippen molar-refractivity contribution in [2.24, 2.45) is 0 Å². The number of rotatable bonds is 5. The molecule has 4 N–H and O–H groups in total. The van der Waals surface area contributed by atoms with Gasteiger partial charge >= 0.3 is 25.5 Å². The molecule has 1 fully saturated rings. The summed E-state index contributed by atoms with van der Waals surface area (Å²) in [4.78, 5) is 30.3. The molecule has 1 aliphatic rings. The summed E-state index contributed by atoms with van der Waals surface area (Å²) >= 11 is 0. The van der Waals surface area contributed by atoms with Crippen LogP contribution >= 0.6 is 0 Å². The van der Waals surface area contributed by atoms with Crippen molar-refractivity contribution in [3.05, 3.63) is 36.6 Å². The Balaban J connectivity index is 0.00000113. The van der Waals surface area contributed by atoms with Gasteiger partial charge in [-0.15, -0.1) is 0 Å². The smallest absolute Gasteiger partial charge is 0.394 e. The van der Waals surface area contributed by atoms with Gasteiger partial charge in [-0.1, -0.05) is 13.3 Å². The van der Waals surface area contributed by atoms with E-state index in [0.717, 1.165) is 11.0 Å². The fourth-order valence-electron chi connectivity index (χ4n) is 1.88. The van der Waals surface area contributed by atoms with Crippen molar-refractivity contribution in [3.63, 3.8) is 0 Å². The third-order valence-electron chi connectivity index (χ3n) is 3.24. The van der Waals surface area contributed by atoms with Crippen LogP contribution in [0.1, 0.15) is 26.0 Å². The molecule has 0 aromatic carbocycles. The van der Waals surface area contributed by atoms with Gasteiger partial charge in [0.2, 0.25) is 0 Å². The Morgan fingerprint density at radius 1 is 1.46 bits per heavy atom. The van der Waals surface area contributed by atoms with Crippen LogP contribution in [0.25, 0.3) is 0 Å². The van der Waals surface area contributed by atoms with Crippen LogP contribution in [-0.2, 0) is 34.2 Å². The molecule has 2 rings (SSSR count). The first kappa shape index (κ1) is 24.5. The molecular weight excluding hydrogens is 524 g/mol. The van der Waals surface area contributed by atoms with Gasteiger partial charge in [-0.05, 0) is 0 Å². The van der Waals surface area contributed by atoms with E-state index >= 15 is 0 Å². The van der Waals surface area contributed by atoms with Gasteiger partial charge in [-0.2, -0.15) is 11.4 Å². The summed E-state index contributed by atoms with van der Waals surface area (Å²) in [6.45, 7) is 8.17. The topological polar surface area (TPSA) is 143 Å². The van der Waals surface area contributed by atoms with Gasteiger partial charge in [0.05, 0.1) is 6.61 Å². The van der Waals surface area contributed by atoms with E-state index in [4.69, 9.17) is 9.84 Å². The van der Waals surface area contributed by atoms with Crippen LogP contribution in [0, 0.1) is 13.8 Å². The SMILES string of the molecule is [CH2-]C(=O)ONc1ccn([C@@H]2O[C@H](CO)[C@@H](O)[C@H]2O)c(=O)n1.[CH2-]CCC.[Os+2]. The maximum Gasteiger partial charge on any atom is 2.00 e. The molecule has 2 heterocycles. The quantitative estimate of drug-likeness (QED) is 0.275. The molecule has 1 aromatic heterocycles. The van der Waals surface area contributed by atoms with Gasteiger partial charge in [0.25, 0.3) is 0 Å². The number of hydrogen-bond acceptors (Lipinski definition) is 9. The fraction of sp³-hybridized carbons (Fsp3) is 0.533. The summed E-state index contributed by atoms with van der Waals surface area (Å²) in [5, 5.41) is 28.4. The van der Waals surface area contributed by atoms with Crippen molar-refractivity contribution in [3.8, 4) is 0 Å². The van der Waals surface area contributed by atoms with E-state index in [1.54, 1.807) is 0 Å². The van der Waals surface area contributed by atoms with Crippen molar-refractivity contribution < 1.29 is 49.5 Å². The number of aliphatic hydroxyl groups is 3. The average Bonchev–Trinajstić information content (AvgIpc) is 2.88. The number of aromatic nitrogens is 2. The van der Waals surface area contributed by atoms with E-state index in [1.165, 1.54) is 18.7 Å². The van der Waals surface area contributed by atoms with Crippen LogP contribution < -0.4 is 11.2 Å². The fourth-order valence-corrected chi connectivity index (χ4v) is 1.88. The zero-order valence-electron chi connectivity index (χ0n) is 14.2. The molecule has 0 amide bonds. The number of hydrogen-bond donors (Lipinski definition) is 4. The number of carbonyl (C=O) groups is 1. The van der Waals surface area contributed by atoms with Crippen LogP contribution in [0.15, 0.2) is 17.1 Å². The van der Waals surface area contributed by atoms with Crippen LogP contribution in [0.3, 0.4) is 0 Å². The second-order valence-corrected chi connectivity index (χ2v) is 5.16. The van der Waals surface area contributed by atoms with Crippen molar-refractivity contribution in [1.29, 1.82) is 0 Å². The largest absolute Gasteiger partial charge is 2.00 e. The van der Waals surface area contributed by atoms with E-state index in [-0.39, 0.29) is 25.6 Å². The predicted molar refractivity (Wildman–Crippen MR) is 86.8 cm³/mol. The summed E-state index contributed by atoms with van der Waals surface area (Å²) in [5.74, 6) is -0.899. The van der Waals surface area contributed by atoms with E-state index < -0.39 is 42.8 Å². The van der Waals surface area contributed by atoms with Crippen molar-refractivity contribution in [1.82, 2.24) is 9.55 Å². The molecule has 0 unspecified atom stereocenters. The second kappa shape index (κ2) is 12.0. The summed E-state index contributed by atoms with van der Waals surface area (Å²) in [6, 6.07) is 1.29. The zero-order chi connectivity index (χ0) is 19.0. The number of aliphatic hydroxyl groups excluding tert-OH is 3. The Morgan fingerprint density at radius 2 is 2.08 bits per heavy atom. The number of nitrogens with zero attached hydrogens (tertiary/aromatic N) is 2. The molecule has 26 heavy (non-hydrogen) atoms. The molecule has 4 atom stereocenters. The van der Waals surface area contributed by atoms with Crippen molar-refractivity contribution in [2.75, 3.05) is 12.1 Å².